The summed E-state index contributed by atoms with van der Waals surface area (Å²) in [5, 5.41) is 4.11. The Bertz CT molecular complexity index is 881. The van der Waals surface area contributed by atoms with E-state index in [1.54, 1.807) is 17.0 Å². The molecule has 1 atom stereocenters. The zero-order valence-corrected chi connectivity index (χ0v) is 13.5. The predicted molar refractivity (Wildman–Crippen MR) is 84.2 cm³/mol. The molecule has 0 amide bonds. The fourth-order valence-electron chi connectivity index (χ4n) is 2.99. The summed E-state index contributed by atoms with van der Waals surface area (Å²) in [6.45, 7) is 0.697. The number of rotatable bonds is 2. The van der Waals surface area contributed by atoms with E-state index >= 15 is 0 Å². The number of hydrogen-bond acceptors (Lipinski definition) is 4. The highest BCUT2D eigenvalue weighted by Gasteiger charge is 2.30. The maximum absolute atomic E-state index is 14.1. The second kappa shape index (κ2) is 5.52. The van der Waals surface area contributed by atoms with Gasteiger partial charge < -0.3 is 4.90 Å². The van der Waals surface area contributed by atoms with Crippen LogP contribution < -0.4 is 4.90 Å². The molecule has 1 saturated heterocycles. The molecule has 1 fully saturated rings. The fourth-order valence-corrected chi connectivity index (χ4v) is 3.35. The van der Waals surface area contributed by atoms with Crippen LogP contribution in [-0.2, 0) is 0 Å². The van der Waals surface area contributed by atoms with Gasteiger partial charge in [-0.25, -0.2) is 18.3 Å². The number of hydrogen-bond donors (Lipinski definition) is 0. The van der Waals surface area contributed by atoms with E-state index in [1.165, 1.54) is 12.1 Å². The minimum absolute atomic E-state index is 0.269. The van der Waals surface area contributed by atoms with Gasteiger partial charge in [-0.2, -0.15) is 10.1 Å². The maximum atomic E-state index is 14.1. The van der Waals surface area contributed by atoms with Gasteiger partial charge in [0.2, 0.25) is 5.95 Å². The van der Waals surface area contributed by atoms with Crippen molar-refractivity contribution in [2.45, 2.75) is 18.9 Å². The Hall–Kier alpha value is -2.09. The highest BCUT2D eigenvalue weighted by Crippen LogP contribution is 2.36. The lowest BCUT2D eigenvalue weighted by Crippen LogP contribution is -2.25. The third kappa shape index (κ3) is 2.46. The van der Waals surface area contributed by atoms with Gasteiger partial charge in [-0.05, 0) is 47.0 Å². The molecule has 0 saturated carbocycles. The quantitative estimate of drug-likeness (QED) is 0.683. The van der Waals surface area contributed by atoms with Crippen LogP contribution in [0.3, 0.4) is 0 Å². The van der Waals surface area contributed by atoms with Gasteiger partial charge in [-0.15, -0.1) is 0 Å². The highest BCUT2D eigenvalue weighted by molar-refractivity contribution is 9.10. The van der Waals surface area contributed by atoms with Crippen molar-refractivity contribution in [3.63, 3.8) is 0 Å². The lowest BCUT2D eigenvalue weighted by molar-refractivity contribution is 0.559. The summed E-state index contributed by atoms with van der Waals surface area (Å²) in [5.74, 6) is -0.358. The van der Waals surface area contributed by atoms with Gasteiger partial charge in [0, 0.05) is 12.1 Å². The molecule has 23 heavy (non-hydrogen) atoms. The SMILES string of the molecule is Fc1ccc(F)c([C@H]2CCCN2c2ncn3ncc(Br)c3n2)c1. The Morgan fingerprint density at radius 3 is 3.00 bits per heavy atom. The van der Waals surface area contributed by atoms with E-state index < -0.39 is 11.6 Å². The van der Waals surface area contributed by atoms with Gasteiger partial charge in [0.25, 0.3) is 0 Å². The van der Waals surface area contributed by atoms with Crippen LogP contribution in [0.15, 0.2) is 35.2 Å². The second-order valence-electron chi connectivity index (χ2n) is 5.43. The smallest absolute Gasteiger partial charge is 0.229 e. The molecule has 1 aromatic carbocycles. The van der Waals surface area contributed by atoms with Crippen molar-refractivity contribution in [3.05, 3.63) is 52.4 Å². The van der Waals surface area contributed by atoms with Gasteiger partial charge in [0.1, 0.15) is 18.0 Å². The molecule has 3 aromatic rings. The van der Waals surface area contributed by atoms with Crippen LogP contribution in [0.2, 0.25) is 0 Å². The van der Waals surface area contributed by atoms with Crippen molar-refractivity contribution >= 4 is 27.5 Å². The van der Waals surface area contributed by atoms with Gasteiger partial charge in [0.05, 0.1) is 16.7 Å². The molecule has 1 aliphatic rings. The zero-order chi connectivity index (χ0) is 16.0. The fraction of sp³-hybridized carbons (Fsp3) is 0.267. The Morgan fingerprint density at radius 2 is 2.13 bits per heavy atom. The Labute approximate surface area is 139 Å². The number of anilines is 1. The summed E-state index contributed by atoms with van der Waals surface area (Å²) in [5.41, 5.74) is 0.985. The Morgan fingerprint density at radius 1 is 1.26 bits per heavy atom. The summed E-state index contributed by atoms with van der Waals surface area (Å²) < 4.78 is 30.0. The van der Waals surface area contributed by atoms with Crippen molar-refractivity contribution in [1.29, 1.82) is 0 Å². The first-order chi connectivity index (χ1) is 11.1. The average Bonchev–Trinajstić information content (AvgIpc) is 3.17. The number of nitrogens with zero attached hydrogens (tertiary/aromatic N) is 5. The van der Waals surface area contributed by atoms with Crippen LogP contribution in [-0.4, -0.2) is 26.1 Å². The van der Waals surface area contributed by atoms with E-state index in [9.17, 15) is 8.78 Å². The van der Waals surface area contributed by atoms with Gasteiger partial charge in [-0.3, -0.25) is 0 Å². The molecule has 0 spiro atoms. The summed E-state index contributed by atoms with van der Waals surface area (Å²) in [6, 6.07) is 3.28. The number of fused-ring (bicyclic) bond motifs is 1. The Balaban J connectivity index is 1.76. The van der Waals surface area contributed by atoms with Crippen molar-refractivity contribution in [2.75, 3.05) is 11.4 Å². The van der Waals surface area contributed by atoms with Crippen molar-refractivity contribution in [1.82, 2.24) is 19.6 Å². The van der Waals surface area contributed by atoms with E-state index in [0.717, 1.165) is 23.4 Å². The summed E-state index contributed by atoms with van der Waals surface area (Å²) >= 11 is 3.39. The van der Waals surface area contributed by atoms with E-state index in [1.807, 2.05) is 4.90 Å². The standard InChI is InChI=1S/C15H12BrF2N5/c16-11-7-20-23-8-19-15(21-14(11)23)22-5-1-2-13(22)10-6-9(17)3-4-12(10)18/h3-4,6-8,13H,1-2,5H2/t13-/m1/s1. The molecule has 1 aliphatic heterocycles. The number of benzene rings is 1. The lowest BCUT2D eigenvalue weighted by atomic mass is 10.0. The number of halogens is 3. The van der Waals surface area contributed by atoms with Gasteiger partial charge >= 0.3 is 0 Å². The summed E-state index contributed by atoms with van der Waals surface area (Å²) in [7, 11) is 0. The molecule has 0 N–H and O–H groups in total. The van der Waals surface area contributed by atoms with Gasteiger partial charge in [0.15, 0.2) is 5.65 Å². The first-order valence-electron chi connectivity index (χ1n) is 7.21. The molecule has 0 unspecified atom stereocenters. The van der Waals surface area contributed by atoms with Crippen molar-refractivity contribution in [2.24, 2.45) is 0 Å². The van der Waals surface area contributed by atoms with E-state index in [-0.39, 0.29) is 6.04 Å². The molecule has 2 aromatic heterocycles. The maximum Gasteiger partial charge on any atom is 0.229 e. The molecule has 4 rings (SSSR count). The van der Waals surface area contributed by atoms with Crippen molar-refractivity contribution < 1.29 is 8.78 Å². The molecule has 5 nitrogen and oxygen atoms in total. The summed E-state index contributed by atoms with van der Waals surface area (Å²) in [6.07, 6.45) is 4.81. The van der Waals surface area contributed by atoms with Crippen LogP contribution in [0.5, 0.6) is 0 Å². The average molecular weight is 380 g/mol. The molecule has 0 bridgehead atoms. The molecule has 0 aliphatic carbocycles. The first kappa shape index (κ1) is 14.5. The normalized spacial score (nSPS) is 18.0. The second-order valence-corrected chi connectivity index (χ2v) is 6.29. The zero-order valence-electron chi connectivity index (χ0n) is 12.0. The molecule has 118 valence electrons. The molecule has 3 heterocycles. The van der Waals surface area contributed by atoms with Crippen LogP contribution in [0.1, 0.15) is 24.4 Å². The predicted octanol–water partition coefficient (Wildman–Crippen LogP) is 3.51. The summed E-state index contributed by atoms with van der Waals surface area (Å²) in [4.78, 5) is 10.7. The molecular weight excluding hydrogens is 368 g/mol. The first-order valence-corrected chi connectivity index (χ1v) is 8.00. The minimum Gasteiger partial charge on any atom is -0.334 e. The monoisotopic (exact) mass is 379 g/mol. The van der Waals surface area contributed by atoms with Crippen molar-refractivity contribution in [3.8, 4) is 0 Å². The van der Waals surface area contributed by atoms with Crippen LogP contribution in [0, 0.1) is 11.6 Å². The third-order valence-corrected chi connectivity index (χ3v) is 4.60. The minimum atomic E-state index is -0.442. The highest BCUT2D eigenvalue weighted by atomic mass is 79.9. The topological polar surface area (TPSA) is 46.3 Å². The van der Waals surface area contributed by atoms with Crippen LogP contribution in [0.25, 0.3) is 5.65 Å². The van der Waals surface area contributed by atoms with Gasteiger partial charge in [-0.1, -0.05) is 0 Å². The van der Waals surface area contributed by atoms with Crippen LogP contribution >= 0.6 is 15.9 Å². The lowest BCUT2D eigenvalue weighted by Gasteiger charge is -2.25. The Kier molecular flexibility index (Phi) is 3.48. The van der Waals surface area contributed by atoms with E-state index in [0.29, 0.717) is 23.7 Å². The largest absolute Gasteiger partial charge is 0.334 e. The molecule has 8 heteroatoms. The molecule has 0 radical (unpaired) electrons. The molecular formula is C15H12BrF2N5. The van der Waals surface area contributed by atoms with E-state index in [2.05, 4.69) is 31.0 Å². The third-order valence-electron chi connectivity index (χ3n) is 4.04. The van der Waals surface area contributed by atoms with E-state index in [4.69, 9.17) is 0 Å². The number of aromatic nitrogens is 4. The van der Waals surface area contributed by atoms with Crippen LogP contribution in [0.4, 0.5) is 14.7 Å².